The van der Waals surface area contributed by atoms with Gasteiger partial charge in [0.05, 0.1) is 28.7 Å². The maximum atomic E-state index is 12.6. The molecule has 0 amide bonds. The zero-order chi connectivity index (χ0) is 25.5. The van der Waals surface area contributed by atoms with Gasteiger partial charge in [0.25, 0.3) is 10.0 Å². The molecule has 3 heterocycles. The van der Waals surface area contributed by atoms with Gasteiger partial charge in [-0.25, -0.2) is 17.9 Å². The molecule has 0 aliphatic rings. The van der Waals surface area contributed by atoms with E-state index in [9.17, 15) is 21.6 Å². The van der Waals surface area contributed by atoms with Crippen LogP contribution in [0.5, 0.6) is 5.75 Å². The summed E-state index contributed by atoms with van der Waals surface area (Å²) in [6, 6.07) is 14.1. The number of alkyl halides is 3. The second-order valence-electron chi connectivity index (χ2n) is 7.74. The standard InChI is InChI=1S/C23H17F3N6O3S/c1-31-14-16(12-28-31)21-13-27-22-11-10-20(29-32(21)22)15-2-4-17(5-3-15)30-36(33,34)19-8-6-18(7-9-19)35-23(24,25)26/h2-14,30H,1H3. The number of halogens is 3. The highest BCUT2D eigenvalue weighted by molar-refractivity contribution is 7.92. The number of imidazole rings is 1. The lowest BCUT2D eigenvalue weighted by atomic mass is 10.1. The van der Waals surface area contributed by atoms with E-state index in [-0.39, 0.29) is 10.6 Å². The highest BCUT2D eigenvalue weighted by atomic mass is 32.2. The number of fused-ring (bicyclic) bond motifs is 1. The minimum absolute atomic E-state index is 0.212. The molecule has 36 heavy (non-hydrogen) atoms. The number of aromatic nitrogens is 5. The van der Waals surface area contributed by atoms with Crippen LogP contribution in [0.4, 0.5) is 18.9 Å². The van der Waals surface area contributed by atoms with Crippen molar-refractivity contribution < 1.29 is 26.3 Å². The average Bonchev–Trinajstić information content (AvgIpc) is 3.44. The molecule has 184 valence electrons. The van der Waals surface area contributed by atoms with Crippen LogP contribution in [-0.4, -0.2) is 39.2 Å². The second-order valence-corrected chi connectivity index (χ2v) is 9.42. The number of anilines is 1. The molecule has 0 saturated carbocycles. The lowest BCUT2D eigenvalue weighted by molar-refractivity contribution is -0.274. The highest BCUT2D eigenvalue weighted by Crippen LogP contribution is 2.26. The van der Waals surface area contributed by atoms with Crippen molar-refractivity contribution in [1.82, 2.24) is 24.4 Å². The van der Waals surface area contributed by atoms with Crippen LogP contribution in [0.15, 0.2) is 84.1 Å². The number of rotatable bonds is 6. The number of ether oxygens (including phenoxy) is 1. The van der Waals surface area contributed by atoms with Crippen molar-refractivity contribution in [3.05, 3.63) is 79.3 Å². The lowest BCUT2D eigenvalue weighted by Crippen LogP contribution is -2.17. The number of nitrogens with zero attached hydrogens (tertiary/aromatic N) is 5. The summed E-state index contributed by atoms with van der Waals surface area (Å²) in [5.74, 6) is -0.514. The predicted octanol–water partition coefficient (Wildman–Crippen LogP) is 4.50. The average molecular weight is 514 g/mol. The Labute approximate surface area is 202 Å². The Morgan fingerprint density at radius 2 is 1.64 bits per heavy atom. The fraction of sp³-hybridized carbons (Fsp3) is 0.0870. The molecular weight excluding hydrogens is 497 g/mol. The van der Waals surface area contributed by atoms with Crippen molar-refractivity contribution in [1.29, 1.82) is 0 Å². The van der Waals surface area contributed by atoms with Crippen LogP contribution >= 0.6 is 0 Å². The van der Waals surface area contributed by atoms with E-state index in [1.165, 1.54) is 0 Å². The molecule has 0 unspecified atom stereocenters. The third-order valence-corrected chi connectivity index (χ3v) is 6.56. The van der Waals surface area contributed by atoms with E-state index in [1.807, 2.05) is 19.3 Å². The molecule has 9 nitrogen and oxygen atoms in total. The first kappa shape index (κ1) is 23.4. The molecule has 5 aromatic rings. The first-order chi connectivity index (χ1) is 17.1. The minimum atomic E-state index is -4.86. The first-order valence-corrected chi connectivity index (χ1v) is 11.9. The minimum Gasteiger partial charge on any atom is -0.406 e. The molecule has 13 heteroatoms. The smallest absolute Gasteiger partial charge is 0.406 e. The SMILES string of the molecule is Cn1cc(-c2cnc3ccc(-c4ccc(NS(=O)(=O)c5ccc(OC(F)(F)F)cc5)cc4)nn23)cn1. The van der Waals surface area contributed by atoms with E-state index in [0.29, 0.717) is 11.3 Å². The maximum absolute atomic E-state index is 12.6. The molecule has 0 bridgehead atoms. The normalized spacial score (nSPS) is 12.1. The van der Waals surface area contributed by atoms with E-state index in [1.54, 1.807) is 51.9 Å². The topological polar surface area (TPSA) is 103 Å². The van der Waals surface area contributed by atoms with E-state index < -0.39 is 22.1 Å². The molecule has 0 spiro atoms. The third kappa shape index (κ3) is 4.86. The van der Waals surface area contributed by atoms with E-state index in [4.69, 9.17) is 0 Å². The van der Waals surface area contributed by atoms with Crippen molar-refractivity contribution in [3.8, 4) is 28.3 Å². The van der Waals surface area contributed by atoms with Gasteiger partial charge in [-0.1, -0.05) is 12.1 Å². The number of aryl methyl sites for hydroxylation is 1. The van der Waals surface area contributed by atoms with Gasteiger partial charge in [0.2, 0.25) is 0 Å². The van der Waals surface area contributed by atoms with Gasteiger partial charge in [0.1, 0.15) is 5.75 Å². The first-order valence-electron chi connectivity index (χ1n) is 10.4. The monoisotopic (exact) mass is 514 g/mol. The van der Waals surface area contributed by atoms with Crippen molar-refractivity contribution >= 4 is 21.4 Å². The Morgan fingerprint density at radius 1 is 0.917 bits per heavy atom. The number of nitrogens with one attached hydrogen (secondary N) is 1. The molecule has 5 rings (SSSR count). The van der Waals surface area contributed by atoms with Crippen LogP contribution in [0.3, 0.4) is 0 Å². The van der Waals surface area contributed by atoms with Crippen LogP contribution in [0.25, 0.3) is 28.2 Å². The molecule has 0 radical (unpaired) electrons. The predicted molar refractivity (Wildman–Crippen MR) is 125 cm³/mol. The largest absolute Gasteiger partial charge is 0.573 e. The summed E-state index contributed by atoms with van der Waals surface area (Å²) in [7, 11) is -2.21. The van der Waals surface area contributed by atoms with Crippen LogP contribution in [-0.2, 0) is 17.1 Å². The van der Waals surface area contributed by atoms with Crippen LogP contribution in [0.2, 0.25) is 0 Å². The molecule has 0 atom stereocenters. The Balaban J connectivity index is 1.36. The van der Waals surface area contributed by atoms with Gasteiger partial charge < -0.3 is 4.74 Å². The van der Waals surface area contributed by atoms with E-state index >= 15 is 0 Å². The molecule has 0 fully saturated rings. The van der Waals surface area contributed by atoms with Gasteiger partial charge in [0.15, 0.2) is 5.65 Å². The van der Waals surface area contributed by atoms with E-state index in [0.717, 1.165) is 41.1 Å². The Kier molecular flexibility index (Phi) is 5.63. The number of hydrogen-bond acceptors (Lipinski definition) is 6. The summed E-state index contributed by atoms with van der Waals surface area (Å²) in [5.41, 5.74) is 3.94. The summed E-state index contributed by atoms with van der Waals surface area (Å²) in [6.45, 7) is 0. The molecule has 0 saturated heterocycles. The van der Waals surface area contributed by atoms with Gasteiger partial charge >= 0.3 is 6.36 Å². The third-order valence-electron chi connectivity index (χ3n) is 5.16. The van der Waals surface area contributed by atoms with Gasteiger partial charge in [-0.15, -0.1) is 13.2 Å². The highest BCUT2D eigenvalue weighted by Gasteiger charge is 2.31. The number of benzene rings is 2. The number of sulfonamides is 1. The molecule has 0 aliphatic heterocycles. The Hall–Kier alpha value is -4.39. The Morgan fingerprint density at radius 3 is 2.28 bits per heavy atom. The lowest BCUT2D eigenvalue weighted by Gasteiger charge is -2.11. The van der Waals surface area contributed by atoms with Crippen LogP contribution < -0.4 is 9.46 Å². The van der Waals surface area contributed by atoms with Crippen molar-refractivity contribution in [3.63, 3.8) is 0 Å². The molecule has 1 N–H and O–H groups in total. The second kappa shape index (κ2) is 8.68. The summed E-state index contributed by atoms with van der Waals surface area (Å²) in [6.07, 6.45) is 0.423. The molecule has 0 aliphatic carbocycles. The zero-order valence-electron chi connectivity index (χ0n) is 18.5. The van der Waals surface area contributed by atoms with E-state index in [2.05, 4.69) is 24.6 Å². The van der Waals surface area contributed by atoms with Gasteiger partial charge in [-0.05, 0) is 48.5 Å². The number of hydrogen-bond donors (Lipinski definition) is 1. The summed E-state index contributed by atoms with van der Waals surface area (Å²) in [5, 5.41) is 8.84. The van der Waals surface area contributed by atoms with Crippen molar-refractivity contribution in [2.24, 2.45) is 7.05 Å². The maximum Gasteiger partial charge on any atom is 0.573 e. The van der Waals surface area contributed by atoms with Gasteiger partial charge in [-0.2, -0.15) is 10.2 Å². The molecular formula is C23H17F3N6O3S. The molecule has 3 aromatic heterocycles. The summed E-state index contributed by atoms with van der Waals surface area (Å²) < 4.78 is 71.8. The van der Waals surface area contributed by atoms with Crippen molar-refractivity contribution in [2.75, 3.05) is 4.72 Å². The fourth-order valence-electron chi connectivity index (χ4n) is 3.52. The summed E-state index contributed by atoms with van der Waals surface area (Å²) >= 11 is 0. The summed E-state index contributed by atoms with van der Waals surface area (Å²) in [4.78, 5) is 4.16. The molecule has 2 aromatic carbocycles. The zero-order valence-corrected chi connectivity index (χ0v) is 19.3. The van der Waals surface area contributed by atoms with Crippen molar-refractivity contribution in [2.45, 2.75) is 11.3 Å². The Bertz CT molecular complexity index is 1640. The van der Waals surface area contributed by atoms with Gasteiger partial charge in [-0.3, -0.25) is 9.40 Å². The van der Waals surface area contributed by atoms with Crippen LogP contribution in [0.1, 0.15) is 0 Å². The van der Waals surface area contributed by atoms with Crippen LogP contribution in [0, 0.1) is 0 Å². The quantitative estimate of drug-likeness (QED) is 0.358. The fourth-order valence-corrected chi connectivity index (χ4v) is 4.58. The van der Waals surface area contributed by atoms with Gasteiger partial charge in [0, 0.05) is 30.1 Å².